The maximum Gasteiger partial charge on any atom is -0.00995 e. The summed E-state index contributed by atoms with van der Waals surface area (Å²) in [4.78, 5) is 0. The lowest BCUT2D eigenvalue weighted by molar-refractivity contribution is 1.57. The van der Waals surface area contributed by atoms with Crippen molar-refractivity contribution in [2.75, 3.05) is 0 Å². The lowest BCUT2D eigenvalue weighted by atomic mass is 9.93. The highest BCUT2D eigenvalue weighted by Crippen LogP contribution is 2.33. The highest BCUT2D eigenvalue weighted by Gasteiger charge is 2.07. The molecule has 0 aromatic heterocycles. The Morgan fingerprint density at radius 2 is 1.15 bits per heavy atom. The third-order valence-electron chi connectivity index (χ3n) is 3.45. The van der Waals surface area contributed by atoms with Crippen LogP contribution in [-0.4, -0.2) is 0 Å². The summed E-state index contributed by atoms with van der Waals surface area (Å²) in [6, 6.07) is 27.5. The minimum Gasteiger partial charge on any atom is -0.0985 e. The van der Waals surface area contributed by atoms with Gasteiger partial charge in [-0.15, -0.1) is 0 Å². The lowest BCUT2D eigenvalue weighted by Crippen LogP contribution is -1.86. The van der Waals surface area contributed by atoms with E-state index in [0.717, 1.165) is 5.56 Å². The molecule has 0 nitrogen and oxygen atoms in total. The Bertz CT molecular complexity index is 710. The first-order valence-electron chi connectivity index (χ1n) is 6.76. The Hall–Kier alpha value is -2.60. The van der Waals surface area contributed by atoms with Gasteiger partial charge in [-0.3, -0.25) is 0 Å². The van der Waals surface area contributed by atoms with E-state index in [-0.39, 0.29) is 0 Å². The molecular weight excluding hydrogens is 240 g/mol. The van der Waals surface area contributed by atoms with Crippen molar-refractivity contribution in [3.8, 4) is 22.3 Å². The number of hydrogen-bond donors (Lipinski definition) is 0. The third-order valence-corrected chi connectivity index (χ3v) is 3.45. The van der Waals surface area contributed by atoms with Crippen molar-refractivity contribution in [1.29, 1.82) is 0 Å². The summed E-state index contributed by atoms with van der Waals surface area (Å²) in [5.41, 5.74) is 6.11. The molecule has 3 rings (SSSR count). The van der Waals surface area contributed by atoms with Crippen LogP contribution in [0.25, 0.3) is 28.3 Å². The van der Waals surface area contributed by atoms with E-state index in [1.807, 2.05) is 18.2 Å². The van der Waals surface area contributed by atoms with Gasteiger partial charge < -0.3 is 0 Å². The summed E-state index contributed by atoms with van der Waals surface area (Å²) in [6.45, 7) is 3.87. The van der Waals surface area contributed by atoms with Crippen LogP contribution in [0.2, 0.25) is 0 Å². The van der Waals surface area contributed by atoms with Crippen LogP contribution in [0.5, 0.6) is 0 Å². The highest BCUT2D eigenvalue weighted by atomic mass is 14.1. The van der Waals surface area contributed by atoms with Crippen LogP contribution in [-0.2, 0) is 0 Å². The van der Waals surface area contributed by atoms with E-state index in [4.69, 9.17) is 0 Å². The molecule has 0 aliphatic heterocycles. The van der Waals surface area contributed by atoms with E-state index in [1.165, 1.54) is 22.3 Å². The second-order valence-corrected chi connectivity index (χ2v) is 4.74. The quantitative estimate of drug-likeness (QED) is 0.567. The first kappa shape index (κ1) is 12.4. The first-order chi connectivity index (χ1) is 9.88. The predicted molar refractivity (Wildman–Crippen MR) is 87.4 cm³/mol. The Morgan fingerprint density at radius 3 is 1.70 bits per heavy atom. The third kappa shape index (κ3) is 2.41. The average Bonchev–Trinajstić information content (AvgIpc) is 2.56. The molecule has 0 fully saturated rings. The van der Waals surface area contributed by atoms with E-state index in [1.54, 1.807) is 0 Å². The van der Waals surface area contributed by atoms with Gasteiger partial charge in [0, 0.05) is 0 Å². The van der Waals surface area contributed by atoms with E-state index < -0.39 is 0 Å². The van der Waals surface area contributed by atoms with Gasteiger partial charge in [0.1, 0.15) is 0 Å². The SMILES string of the molecule is C=Cc1ccc(-c2ccccc2)c(-c2ccccc2)c1. The van der Waals surface area contributed by atoms with Gasteiger partial charge in [0.25, 0.3) is 0 Å². The van der Waals surface area contributed by atoms with Gasteiger partial charge in [-0.25, -0.2) is 0 Å². The molecule has 0 aliphatic carbocycles. The standard InChI is InChI=1S/C20H16/c1-2-16-13-14-19(17-9-5-3-6-10-17)20(15-16)18-11-7-4-8-12-18/h2-15H,1H2. The molecule has 0 saturated carbocycles. The van der Waals surface area contributed by atoms with Crippen LogP contribution in [0.4, 0.5) is 0 Å². The fourth-order valence-corrected chi connectivity index (χ4v) is 2.41. The molecule has 0 heteroatoms. The Kier molecular flexibility index (Phi) is 3.47. The topological polar surface area (TPSA) is 0 Å². The maximum absolute atomic E-state index is 3.87. The molecule has 0 radical (unpaired) electrons. The molecule has 3 aromatic rings. The van der Waals surface area contributed by atoms with Gasteiger partial charge in [-0.1, -0.05) is 85.5 Å². The minimum absolute atomic E-state index is 1.14. The average molecular weight is 256 g/mol. The molecular formula is C20H16. The molecule has 0 bridgehead atoms. The van der Waals surface area contributed by atoms with Crippen LogP contribution < -0.4 is 0 Å². The fraction of sp³-hybridized carbons (Fsp3) is 0. The van der Waals surface area contributed by atoms with E-state index in [2.05, 4.69) is 73.3 Å². The van der Waals surface area contributed by atoms with Crippen LogP contribution in [0, 0.1) is 0 Å². The van der Waals surface area contributed by atoms with Crippen LogP contribution >= 0.6 is 0 Å². The van der Waals surface area contributed by atoms with Crippen LogP contribution in [0.15, 0.2) is 85.4 Å². The van der Waals surface area contributed by atoms with Crippen molar-refractivity contribution in [3.05, 3.63) is 91.0 Å². The fourth-order valence-electron chi connectivity index (χ4n) is 2.41. The Labute approximate surface area is 120 Å². The zero-order valence-corrected chi connectivity index (χ0v) is 11.3. The zero-order chi connectivity index (χ0) is 13.8. The molecule has 0 unspecified atom stereocenters. The van der Waals surface area contributed by atoms with Crippen molar-refractivity contribution in [2.45, 2.75) is 0 Å². The van der Waals surface area contributed by atoms with Gasteiger partial charge in [-0.05, 0) is 33.9 Å². The molecule has 0 saturated heterocycles. The van der Waals surface area contributed by atoms with Crippen molar-refractivity contribution >= 4 is 6.08 Å². The largest absolute Gasteiger partial charge is 0.0985 e. The monoisotopic (exact) mass is 256 g/mol. The summed E-state index contributed by atoms with van der Waals surface area (Å²) in [5.74, 6) is 0. The number of rotatable bonds is 3. The first-order valence-corrected chi connectivity index (χ1v) is 6.76. The molecule has 3 aromatic carbocycles. The van der Waals surface area contributed by atoms with Crippen molar-refractivity contribution < 1.29 is 0 Å². The molecule has 0 N–H and O–H groups in total. The smallest absolute Gasteiger partial charge is 0.00995 e. The van der Waals surface area contributed by atoms with Gasteiger partial charge in [-0.2, -0.15) is 0 Å². The lowest BCUT2D eigenvalue weighted by Gasteiger charge is -2.11. The molecule has 0 atom stereocenters. The van der Waals surface area contributed by atoms with Crippen LogP contribution in [0.1, 0.15) is 5.56 Å². The summed E-state index contributed by atoms with van der Waals surface area (Å²) < 4.78 is 0. The minimum atomic E-state index is 1.14. The summed E-state index contributed by atoms with van der Waals surface area (Å²) >= 11 is 0. The molecule has 0 aliphatic rings. The second kappa shape index (κ2) is 5.58. The summed E-state index contributed by atoms with van der Waals surface area (Å²) in [6.07, 6.45) is 1.89. The van der Waals surface area contributed by atoms with Gasteiger partial charge in [0.2, 0.25) is 0 Å². The Balaban J connectivity index is 2.23. The van der Waals surface area contributed by atoms with Gasteiger partial charge in [0.15, 0.2) is 0 Å². The molecule has 96 valence electrons. The molecule has 20 heavy (non-hydrogen) atoms. The summed E-state index contributed by atoms with van der Waals surface area (Å²) in [7, 11) is 0. The number of hydrogen-bond acceptors (Lipinski definition) is 0. The van der Waals surface area contributed by atoms with E-state index in [0.29, 0.717) is 0 Å². The molecule has 0 spiro atoms. The molecule has 0 amide bonds. The normalized spacial score (nSPS) is 10.2. The second-order valence-electron chi connectivity index (χ2n) is 4.74. The van der Waals surface area contributed by atoms with Crippen LogP contribution in [0.3, 0.4) is 0 Å². The van der Waals surface area contributed by atoms with Crippen molar-refractivity contribution in [1.82, 2.24) is 0 Å². The maximum atomic E-state index is 3.87. The van der Waals surface area contributed by atoms with Gasteiger partial charge >= 0.3 is 0 Å². The Morgan fingerprint density at radius 1 is 0.600 bits per heavy atom. The van der Waals surface area contributed by atoms with Crippen molar-refractivity contribution in [3.63, 3.8) is 0 Å². The summed E-state index contributed by atoms with van der Waals surface area (Å²) in [5, 5.41) is 0. The van der Waals surface area contributed by atoms with Gasteiger partial charge in [0.05, 0.1) is 0 Å². The predicted octanol–water partition coefficient (Wildman–Crippen LogP) is 5.66. The molecule has 0 heterocycles. The number of benzene rings is 3. The highest BCUT2D eigenvalue weighted by molar-refractivity contribution is 5.84. The van der Waals surface area contributed by atoms with E-state index in [9.17, 15) is 0 Å². The van der Waals surface area contributed by atoms with Crippen molar-refractivity contribution in [2.24, 2.45) is 0 Å². The van der Waals surface area contributed by atoms with E-state index >= 15 is 0 Å². The zero-order valence-electron chi connectivity index (χ0n) is 11.3.